The fraction of sp³-hybridized carbons (Fsp3) is 0.174. The van der Waals surface area contributed by atoms with Gasteiger partial charge in [-0.3, -0.25) is 4.79 Å². The van der Waals surface area contributed by atoms with E-state index < -0.39 is 0 Å². The molecule has 0 spiro atoms. The number of nitrogens with zero attached hydrogens (tertiary/aromatic N) is 1. The van der Waals surface area contributed by atoms with Gasteiger partial charge in [0.2, 0.25) is 0 Å². The van der Waals surface area contributed by atoms with Crippen LogP contribution >= 0.6 is 12.4 Å². The lowest BCUT2D eigenvalue weighted by Gasteiger charge is -2.13. The van der Waals surface area contributed by atoms with Crippen LogP contribution in [0.15, 0.2) is 78.9 Å². The summed E-state index contributed by atoms with van der Waals surface area (Å²) in [5, 5.41) is 0. The number of anilines is 1. The summed E-state index contributed by atoms with van der Waals surface area (Å²) in [6, 6.07) is 26.5. The van der Waals surface area contributed by atoms with Crippen molar-refractivity contribution in [2.45, 2.75) is 12.8 Å². The fourth-order valence-electron chi connectivity index (χ4n) is 2.85. The van der Waals surface area contributed by atoms with Gasteiger partial charge in [-0.1, -0.05) is 66.7 Å². The molecule has 0 aromatic heterocycles. The van der Waals surface area contributed by atoms with Crippen LogP contribution in [0.1, 0.15) is 22.3 Å². The second kappa shape index (κ2) is 9.21. The minimum Gasteiger partial charge on any atom is -0.378 e. The lowest BCUT2D eigenvalue weighted by Crippen LogP contribution is -2.08. The summed E-state index contributed by atoms with van der Waals surface area (Å²) >= 11 is 0. The predicted molar refractivity (Wildman–Crippen MR) is 113 cm³/mol. The highest BCUT2D eigenvalue weighted by Crippen LogP contribution is 2.24. The van der Waals surface area contributed by atoms with Crippen LogP contribution < -0.4 is 4.90 Å². The van der Waals surface area contributed by atoms with Crippen molar-refractivity contribution in [3.63, 3.8) is 0 Å². The molecule has 3 aromatic rings. The van der Waals surface area contributed by atoms with E-state index in [4.69, 9.17) is 0 Å². The lowest BCUT2D eigenvalue weighted by atomic mass is 9.99. The molecule has 0 aliphatic carbocycles. The van der Waals surface area contributed by atoms with Crippen LogP contribution in [-0.2, 0) is 6.42 Å². The van der Waals surface area contributed by atoms with Crippen LogP contribution in [0.4, 0.5) is 5.69 Å². The Balaban J connectivity index is 0.00000243. The van der Waals surface area contributed by atoms with E-state index in [0.29, 0.717) is 6.42 Å². The molecule has 0 aliphatic heterocycles. The quantitative estimate of drug-likeness (QED) is 0.525. The number of Topliss-reactive ketones (excluding diaryl/α,β-unsaturated/α-hetero) is 1. The minimum atomic E-state index is 0. The molecule has 0 unspecified atom stereocenters. The molecule has 0 fully saturated rings. The Morgan fingerprint density at radius 2 is 1.50 bits per heavy atom. The van der Waals surface area contributed by atoms with E-state index in [-0.39, 0.29) is 18.2 Å². The van der Waals surface area contributed by atoms with Crippen molar-refractivity contribution in [2.24, 2.45) is 0 Å². The highest BCUT2D eigenvalue weighted by atomic mass is 35.5. The molecule has 0 aliphatic rings. The second-order valence-electron chi connectivity index (χ2n) is 6.43. The molecule has 0 atom stereocenters. The second-order valence-corrected chi connectivity index (χ2v) is 6.43. The maximum atomic E-state index is 12.2. The van der Waals surface area contributed by atoms with Crippen molar-refractivity contribution >= 4 is 23.9 Å². The third-order valence-electron chi connectivity index (χ3n) is 4.39. The number of benzene rings is 3. The third kappa shape index (κ3) is 4.96. The first-order valence-electron chi connectivity index (χ1n) is 8.58. The van der Waals surface area contributed by atoms with Gasteiger partial charge in [-0.05, 0) is 35.2 Å². The maximum Gasteiger partial charge on any atom is 0.163 e. The molecular formula is C23H24ClNO. The number of halogens is 1. The highest BCUT2D eigenvalue weighted by molar-refractivity contribution is 5.96. The van der Waals surface area contributed by atoms with Crippen molar-refractivity contribution in [3.8, 4) is 11.1 Å². The van der Waals surface area contributed by atoms with Crippen LogP contribution in [0.2, 0.25) is 0 Å². The van der Waals surface area contributed by atoms with Gasteiger partial charge in [0, 0.05) is 31.8 Å². The number of hydrogen-bond donors (Lipinski definition) is 0. The van der Waals surface area contributed by atoms with Gasteiger partial charge in [0.25, 0.3) is 0 Å². The van der Waals surface area contributed by atoms with Gasteiger partial charge >= 0.3 is 0 Å². The van der Waals surface area contributed by atoms with E-state index in [0.717, 1.165) is 12.0 Å². The zero-order chi connectivity index (χ0) is 17.6. The van der Waals surface area contributed by atoms with E-state index in [1.807, 2.05) is 44.4 Å². The zero-order valence-electron chi connectivity index (χ0n) is 15.2. The van der Waals surface area contributed by atoms with Gasteiger partial charge in [-0.25, -0.2) is 0 Å². The largest absolute Gasteiger partial charge is 0.378 e. The average Bonchev–Trinajstić information content (AvgIpc) is 2.67. The summed E-state index contributed by atoms with van der Waals surface area (Å²) in [5.41, 5.74) is 5.58. The van der Waals surface area contributed by atoms with E-state index in [1.54, 1.807) is 0 Å². The van der Waals surface area contributed by atoms with Gasteiger partial charge in [-0.15, -0.1) is 12.4 Å². The van der Waals surface area contributed by atoms with Crippen molar-refractivity contribution in [2.75, 3.05) is 19.0 Å². The van der Waals surface area contributed by atoms with Gasteiger partial charge in [-0.2, -0.15) is 0 Å². The summed E-state index contributed by atoms with van der Waals surface area (Å²) in [6.07, 6.45) is 1.31. The van der Waals surface area contributed by atoms with Crippen molar-refractivity contribution in [3.05, 3.63) is 90.0 Å². The zero-order valence-corrected chi connectivity index (χ0v) is 16.0. The summed E-state index contributed by atoms with van der Waals surface area (Å²) < 4.78 is 0. The first kappa shape index (κ1) is 19.7. The number of aryl methyl sites for hydroxylation is 1. The smallest absolute Gasteiger partial charge is 0.163 e. The molecule has 3 aromatic carbocycles. The number of carbonyl (C=O) groups is 1. The molecule has 3 heteroatoms. The Bertz CT molecular complexity index is 842. The van der Waals surface area contributed by atoms with E-state index in [1.165, 1.54) is 22.4 Å². The average molecular weight is 366 g/mol. The van der Waals surface area contributed by atoms with Crippen LogP contribution in [0, 0.1) is 0 Å². The van der Waals surface area contributed by atoms with E-state index >= 15 is 0 Å². The first-order valence-corrected chi connectivity index (χ1v) is 8.58. The van der Waals surface area contributed by atoms with Crippen LogP contribution in [0.25, 0.3) is 11.1 Å². The van der Waals surface area contributed by atoms with Gasteiger partial charge in [0.15, 0.2) is 5.78 Å². The van der Waals surface area contributed by atoms with Crippen molar-refractivity contribution < 1.29 is 4.79 Å². The Hall–Kier alpha value is -2.58. The summed E-state index contributed by atoms with van der Waals surface area (Å²) in [7, 11) is 4.10. The van der Waals surface area contributed by atoms with E-state index in [9.17, 15) is 4.79 Å². The summed E-state index contributed by atoms with van der Waals surface area (Å²) in [4.78, 5) is 14.3. The molecule has 3 rings (SSSR count). The monoisotopic (exact) mass is 365 g/mol. The SMILES string of the molecule is CN(C)c1cccc(-c2ccc(CCC(=O)c3ccccc3)cc2)c1.Cl. The molecule has 0 heterocycles. The molecule has 0 radical (unpaired) electrons. The normalized spacial score (nSPS) is 10.1. The van der Waals surface area contributed by atoms with Crippen molar-refractivity contribution in [1.29, 1.82) is 0 Å². The number of carbonyl (C=O) groups excluding carboxylic acids is 1. The standard InChI is InChI=1S/C23H23NO.ClH/c1-24(2)22-10-6-9-21(17-22)19-14-11-18(12-15-19)13-16-23(25)20-7-4-3-5-8-20;/h3-12,14-15,17H,13,16H2,1-2H3;1H. The van der Waals surface area contributed by atoms with Crippen LogP contribution in [0.5, 0.6) is 0 Å². The maximum absolute atomic E-state index is 12.2. The predicted octanol–water partition coefficient (Wildman–Crippen LogP) is 5.66. The molecule has 134 valence electrons. The minimum absolute atomic E-state index is 0. The van der Waals surface area contributed by atoms with Crippen LogP contribution in [0.3, 0.4) is 0 Å². The molecule has 0 saturated heterocycles. The number of ketones is 1. The number of hydrogen-bond acceptors (Lipinski definition) is 2. The van der Waals surface area contributed by atoms with Gasteiger partial charge in [0.05, 0.1) is 0 Å². The highest BCUT2D eigenvalue weighted by Gasteiger charge is 2.06. The molecule has 0 saturated carbocycles. The molecule has 0 N–H and O–H groups in total. The molecule has 2 nitrogen and oxygen atoms in total. The first-order chi connectivity index (χ1) is 12.1. The van der Waals surface area contributed by atoms with Crippen LogP contribution in [-0.4, -0.2) is 19.9 Å². The lowest BCUT2D eigenvalue weighted by molar-refractivity contribution is 0.0983. The molecule has 0 bridgehead atoms. The fourth-order valence-corrected chi connectivity index (χ4v) is 2.85. The number of rotatable bonds is 6. The Kier molecular flexibility index (Phi) is 6.99. The summed E-state index contributed by atoms with van der Waals surface area (Å²) in [5.74, 6) is 0.198. The summed E-state index contributed by atoms with van der Waals surface area (Å²) in [6.45, 7) is 0. The molecular weight excluding hydrogens is 342 g/mol. The van der Waals surface area contributed by atoms with Gasteiger partial charge in [0.1, 0.15) is 0 Å². The molecule has 26 heavy (non-hydrogen) atoms. The van der Waals surface area contributed by atoms with Gasteiger partial charge < -0.3 is 4.90 Å². The topological polar surface area (TPSA) is 20.3 Å². The Labute approximate surface area is 161 Å². The Morgan fingerprint density at radius 3 is 2.15 bits per heavy atom. The van der Waals surface area contributed by atoms with Crippen molar-refractivity contribution in [1.82, 2.24) is 0 Å². The Morgan fingerprint density at radius 1 is 0.808 bits per heavy atom. The third-order valence-corrected chi connectivity index (χ3v) is 4.39. The molecule has 0 amide bonds. The van der Waals surface area contributed by atoms with E-state index in [2.05, 4.69) is 53.4 Å².